The number of nitrogens with one attached hydrogen (secondary N) is 1. The first-order valence-electron chi connectivity index (χ1n) is 5.14. The van der Waals surface area contributed by atoms with Gasteiger partial charge in [0.2, 0.25) is 0 Å². The third-order valence-electron chi connectivity index (χ3n) is 2.37. The molecule has 0 spiro atoms. The number of anilines is 1. The summed E-state index contributed by atoms with van der Waals surface area (Å²) >= 11 is 1.68. The minimum absolute atomic E-state index is 0.205. The van der Waals surface area contributed by atoms with Crippen LogP contribution in [0.5, 0.6) is 0 Å². The van der Waals surface area contributed by atoms with Crippen molar-refractivity contribution < 1.29 is 4.39 Å². The van der Waals surface area contributed by atoms with Gasteiger partial charge in [0.1, 0.15) is 5.82 Å². The van der Waals surface area contributed by atoms with Crippen LogP contribution in [-0.2, 0) is 6.42 Å². The Morgan fingerprint density at radius 2 is 2.06 bits per heavy atom. The zero-order chi connectivity index (χ0) is 11.4. The number of aryl methyl sites for hydroxylation is 1. The highest BCUT2D eigenvalue weighted by Crippen LogP contribution is 2.13. The van der Waals surface area contributed by atoms with E-state index in [1.807, 2.05) is 12.4 Å². The number of benzene rings is 1. The molecule has 1 N–H and O–H groups in total. The van der Waals surface area contributed by atoms with Crippen molar-refractivity contribution in [2.75, 3.05) is 11.9 Å². The van der Waals surface area contributed by atoms with E-state index < -0.39 is 0 Å². The average molecular weight is 236 g/mol. The maximum Gasteiger partial charge on any atom is 0.123 e. The van der Waals surface area contributed by atoms with Gasteiger partial charge in [-0.1, -0.05) is 0 Å². The highest BCUT2D eigenvalue weighted by atomic mass is 32.1. The Kier molecular flexibility index (Phi) is 3.51. The second kappa shape index (κ2) is 5.07. The predicted molar refractivity (Wildman–Crippen MR) is 65.4 cm³/mol. The largest absolute Gasteiger partial charge is 0.385 e. The topological polar surface area (TPSA) is 24.9 Å². The summed E-state index contributed by atoms with van der Waals surface area (Å²) < 4.78 is 12.7. The predicted octanol–water partition coefficient (Wildman–Crippen LogP) is 3.25. The van der Waals surface area contributed by atoms with Crippen molar-refractivity contribution in [2.45, 2.75) is 13.3 Å². The average Bonchev–Trinajstić information content (AvgIpc) is 2.68. The SMILES string of the molecule is Cc1ncsc1CCNc1ccc(F)cc1. The number of nitrogens with zero attached hydrogens (tertiary/aromatic N) is 1. The van der Waals surface area contributed by atoms with E-state index in [0.29, 0.717) is 0 Å². The Morgan fingerprint density at radius 3 is 2.69 bits per heavy atom. The number of rotatable bonds is 4. The molecule has 0 atom stereocenters. The smallest absolute Gasteiger partial charge is 0.123 e. The van der Waals surface area contributed by atoms with E-state index in [4.69, 9.17) is 0 Å². The molecule has 1 aromatic carbocycles. The lowest BCUT2D eigenvalue weighted by molar-refractivity contribution is 0.628. The third kappa shape index (κ3) is 2.79. The van der Waals surface area contributed by atoms with Crippen LogP contribution in [0.25, 0.3) is 0 Å². The van der Waals surface area contributed by atoms with Gasteiger partial charge in [0, 0.05) is 23.5 Å². The van der Waals surface area contributed by atoms with Crippen LogP contribution < -0.4 is 5.32 Å². The number of halogens is 1. The molecule has 0 aliphatic carbocycles. The fraction of sp³-hybridized carbons (Fsp3) is 0.250. The molecule has 2 rings (SSSR count). The van der Waals surface area contributed by atoms with Gasteiger partial charge < -0.3 is 5.32 Å². The van der Waals surface area contributed by atoms with E-state index >= 15 is 0 Å². The lowest BCUT2D eigenvalue weighted by Crippen LogP contribution is -2.04. The molecule has 2 aromatic rings. The molecule has 4 heteroatoms. The number of hydrogen-bond donors (Lipinski definition) is 1. The van der Waals surface area contributed by atoms with Crippen LogP contribution in [0.15, 0.2) is 29.8 Å². The van der Waals surface area contributed by atoms with E-state index in [1.54, 1.807) is 23.5 Å². The summed E-state index contributed by atoms with van der Waals surface area (Å²) in [5.41, 5.74) is 3.91. The van der Waals surface area contributed by atoms with Crippen molar-refractivity contribution >= 4 is 17.0 Å². The Hall–Kier alpha value is -1.42. The quantitative estimate of drug-likeness (QED) is 0.881. The molecule has 0 aliphatic heterocycles. The molecule has 0 amide bonds. The monoisotopic (exact) mass is 236 g/mol. The van der Waals surface area contributed by atoms with E-state index in [2.05, 4.69) is 10.3 Å². The van der Waals surface area contributed by atoms with Crippen molar-refractivity contribution in [1.82, 2.24) is 4.98 Å². The molecular formula is C12H13FN2S. The molecule has 1 heterocycles. The Bertz CT molecular complexity index is 450. The van der Waals surface area contributed by atoms with E-state index in [0.717, 1.165) is 24.3 Å². The molecular weight excluding hydrogens is 223 g/mol. The molecule has 0 radical (unpaired) electrons. The van der Waals surface area contributed by atoms with Crippen molar-refractivity contribution in [3.05, 3.63) is 46.2 Å². The van der Waals surface area contributed by atoms with Gasteiger partial charge in [0.15, 0.2) is 0 Å². The van der Waals surface area contributed by atoms with Crippen LogP contribution in [0.1, 0.15) is 10.6 Å². The summed E-state index contributed by atoms with van der Waals surface area (Å²) in [5.74, 6) is -0.205. The minimum Gasteiger partial charge on any atom is -0.385 e. The Morgan fingerprint density at radius 1 is 1.31 bits per heavy atom. The zero-order valence-corrected chi connectivity index (χ0v) is 9.85. The number of hydrogen-bond acceptors (Lipinski definition) is 3. The highest BCUT2D eigenvalue weighted by molar-refractivity contribution is 7.09. The third-order valence-corrected chi connectivity index (χ3v) is 3.37. The second-order valence-electron chi connectivity index (χ2n) is 3.54. The summed E-state index contributed by atoms with van der Waals surface area (Å²) in [6, 6.07) is 6.41. The lowest BCUT2D eigenvalue weighted by atomic mass is 10.2. The molecule has 0 saturated heterocycles. The molecule has 16 heavy (non-hydrogen) atoms. The van der Waals surface area contributed by atoms with Crippen molar-refractivity contribution in [3.8, 4) is 0 Å². The second-order valence-corrected chi connectivity index (χ2v) is 4.48. The van der Waals surface area contributed by atoms with Gasteiger partial charge in [-0.05, 0) is 31.2 Å². The summed E-state index contributed by atoms with van der Waals surface area (Å²) in [5, 5.41) is 3.25. The van der Waals surface area contributed by atoms with Crippen LogP contribution in [0, 0.1) is 12.7 Å². The van der Waals surface area contributed by atoms with Crippen molar-refractivity contribution in [2.24, 2.45) is 0 Å². The van der Waals surface area contributed by atoms with Crippen LogP contribution in [0.4, 0.5) is 10.1 Å². The Labute approximate surface area is 98.2 Å². The van der Waals surface area contributed by atoms with Gasteiger partial charge in [0.25, 0.3) is 0 Å². The first-order chi connectivity index (χ1) is 7.75. The van der Waals surface area contributed by atoms with E-state index in [1.165, 1.54) is 17.0 Å². The molecule has 0 saturated carbocycles. The van der Waals surface area contributed by atoms with E-state index in [-0.39, 0.29) is 5.82 Å². The molecule has 0 bridgehead atoms. The van der Waals surface area contributed by atoms with Crippen LogP contribution in [0.2, 0.25) is 0 Å². The summed E-state index contributed by atoms with van der Waals surface area (Å²) in [6.45, 7) is 2.86. The number of thiazole rings is 1. The first-order valence-corrected chi connectivity index (χ1v) is 6.02. The molecule has 84 valence electrons. The van der Waals surface area contributed by atoms with Gasteiger partial charge in [-0.25, -0.2) is 9.37 Å². The minimum atomic E-state index is -0.205. The normalized spacial score (nSPS) is 10.4. The summed E-state index contributed by atoms with van der Waals surface area (Å²) in [4.78, 5) is 5.50. The summed E-state index contributed by atoms with van der Waals surface area (Å²) in [7, 11) is 0. The number of aromatic nitrogens is 1. The molecule has 0 fully saturated rings. The maximum atomic E-state index is 12.7. The van der Waals surface area contributed by atoms with Crippen molar-refractivity contribution in [1.29, 1.82) is 0 Å². The van der Waals surface area contributed by atoms with Crippen LogP contribution >= 0.6 is 11.3 Å². The molecule has 0 aliphatic rings. The maximum absolute atomic E-state index is 12.7. The van der Waals surface area contributed by atoms with Crippen molar-refractivity contribution in [3.63, 3.8) is 0 Å². The Balaban J connectivity index is 1.84. The standard InChI is InChI=1S/C12H13FN2S/c1-9-12(16-8-15-9)6-7-14-11-4-2-10(13)3-5-11/h2-5,8,14H,6-7H2,1H3. The fourth-order valence-electron chi connectivity index (χ4n) is 1.45. The van der Waals surface area contributed by atoms with Crippen LogP contribution in [-0.4, -0.2) is 11.5 Å². The van der Waals surface area contributed by atoms with Crippen LogP contribution in [0.3, 0.4) is 0 Å². The fourth-order valence-corrected chi connectivity index (χ4v) is 2.24. The highest BCUT2D eigenvalue weighted by Gasteiger charge is 2.00. The van der Waals surface area contributed by atoms with Gasteiger partial charge in [0.05, 0.1) is 11.2 Å². The molecule has 1 aromatic heterocycles. The van der Waals surface area contributed by atoms with Gasteiger partial charge in [-0.3, -0.25) is 0 Å². The molecule has 0 unspecified atom stereocenters. The summed E-state index contributed by atoms with van der Waals surface area (Å²) in [6.07, 6.45) is 0.952. The van der Waals surface area contributed by atoms with Gasteiger partial charge in [-0.2, -0.15) is 0 Å². The first kappa shape index (κ1) is 11.1. The molecule has 2 nitrogen and oxygen atoms in total. The lowest BCUT2D eigenvalue weighted by Gasteiger charge is -2.05. The van der Waals surface area contributed by atoms with Gasteiger partial charge >= 0.3 is 0 Å². The van der Waals surface area contributed by atoms with Gasteiger partial charge in [-0.15, -0.1) is 11.3 Å². The zero-order valence-electron chi connectivity index (χ0n) is 9.03. The van der Waals surface area contributed by atoms with E-state index in [9.17, 15) is 4.39 Å².